The fourth-order valence-corrected chi connectivity index (χ4v) is 2.10. The molecule has 0 radical (unpaired) electrons. The highest BCUT2D eigenvalue weighted by molar-refractivity contribution is 5.91. The van der Waals surface area contributed by atoms with Crippen molar-refractivity contribution in [2.24, 2.45) is 0 Å². The number of esters is 1. The second-order valence-electron chi connectivity index (χ2n) is 6.30. The third-order valence-electron chi connectivity index (χ3n) is 3.08. The Bertz CT molecular complexity index is 655. The van der Waals surface area contributed by atoms with Crippen molar-refractivity contribution in [3.63, 3.8) is 0 Å². The minimum Gasteiger partial charge on any atom is -0.457 e. The Labute approximate surface area is 138 Å². The summed E-state index contributed by atoms with van der Waals surface area (Å²) in [6.45, 7) is 6.22. The lowest BCUT2D eigenvalue weighted by molar-refractivity contribution is -0.148. The zero-order valence-electron chi connectivity index (χ0n) is 13.9. The highest BCUT2D eigenvalue weighted by atomic mass is 16.6. The molecular formula is C20H23NO2. The van der Waals surface area contributed by atoms with Gasteiger partial charge in [0.1, 0.15) is 5.60 Å². The van der Waals surface area contributed by atoms with Gasteiger partial charge in [-0.15, -0.1) is 0 Å². The average Bonchev–Trinajstić information content (AvgIpc) is 2.51. The molecule has 2 rings (SSSR count). The average molecular weight is 309 g/mol. The highest BCUT2D eigenvalue weighted by Gasteiger charge is 2.15. The highest BCUT2D eigenvalue weighted by Crippen LogP contribution is 2.14. The molecule has 0 fully saturated rings. The van der Waals surface area contributed by atoms with Crippen molar-refractivity contribution < 1.29 is 9.53 Å². The van der Waals surface area contributed by atoms with Crippen LogP contribution in [0, 0.1) is 0 Å². The number of hydrogen-bond donors (Lipinski definition) is 1. The van der Waals surface area contributed by atoms with Crippen molar-refractivity contribution in [3.8, 4) is 0 Å². The summed E-state index contributed by atoms with van der Waals surface area (Å²) in [5.74, 6) is -0.350. The Morgan fingerprint density at radius 1 is 1.00 bits per heavy atom. The molecule has 0 atom stereocenters. The van der Waals surface area contributed by atoms with E-state index in [4.69, 9.17) is 4.74 Å². The molecule has 0 saturated carbocycles. The number of ether oxygens (including phenoxy) is 1. The van der Waals surface area contributed by atoms with E-state index in [1.807, 2.05) is 81.4 Å². The summed E-state index contributed by atoms with van der Waals surface area (Å²) in [6, 6.07) is 19.8. The van der Waals surface area contributed by atoms with Crippen molar-refractivity contribution in [3.05, 3.63) is 77.9 Å². The predicted molar refractivity (Wildman–Crippen MR) is 93.5 cm³/mol. The maximum Gasteiger partial charge on any atom is 0.333 e. The zero-order chi connectivity index (χ0) is 16.7. The van der Waals surface area contributed by atoms with Gasteiger partial charge >= 0.3 is 5.97 Å². The second-order valence-corrected chi connectivity index (χ2v) is 6.30. The lowest BCUT2D eigenvalue weighted by atomic mass is 10.1. The quantitative estimate of drug-likeness (QED) is 0.666. The van der Waals surface area contributed by atoms with E-state index in [0.717, 1.165) is 16.8 Å². The minimum atomic E-state index is -0.505. The first-order valence-corrected chi connectivity index (χ1v) is 7.72. The standard InChI is InChI=1S/C20H23NO2/c1-20(2,3)23-19(22)14-18(17-12-8-5-9-13-17)21-15-16-10-6-4-7-11-16/h4-14,21H,15H2,1-3H3/b18-14-. The molecule has 2 aromatic rings. The first-order valence-electron chi connectivity index (χ1n) is 7.72. The third kappa shape index (κ3) is 5.99. The minimum absolute atomic E-state index is 0.350. The van der Waals surface area contributed by atoms with Gasteiger partial charge in [-0.25, -0.2) is 4.79 Å². The van der Waals surface area contributed by atoms with Crippen LogP contribution in [-0.4, -0.2) is 11.6 Å². The molecule has 0 spiro atoms. The molecule has 0 aliphatic rings. The zero-order valence-corrected chi connectivity index (χ0v) is 13.9. The van der Waals surface area contributed by atoms with Gasteiger partial charge in [-0.1, -0.05) is 60.7 Å². The summed E-state index contributed by atoms with van der Waals surface area (Å²) in [5, 5.41) is 3.33. The second kappa shape index (κ2) is 7.63. The number of hydrogen-bond acceptors (Lipinski definition) is 3. The van der Waals surface area contributed by atoms with E-state index in [1.54, 1.807) is 0 Å². The number of rotatable bonds is 5. The molecule has 0 aromatic heterocycles. The van der Waals surface area contributed by atoms with Crippen molar-refractivity contribution in [1.82, 2.24) is 5.32 Å². The Balaban J connectivity index is 2.17. The van der Waals surface area contributed by atoms with E-state index in [9.17, 15) is 4.79 Å². The van der Waals surface area contributed by atoms with Gasteiger partial charge in [0.05, 0.1) is 0 Å². The van der Waals surface area contributed by atoms with Crippen LogP contribution in [0.4, 0.5) is 0 Å². The SMILES string of the molecule is CC(C)(C)OC(=O)/C=C(\NCc1ccccc1)c1ccccc1. The summed E-state index contributed by atoms with van der Waals surface area (Å²) in [5.41, 5.74) is 2.35. The monoisotopic (exact) mass is 309 g/mol. The van der Waals surface area contributed by atoms with Crippen molar-refractivity contribution >= 4 is 11.7 Å². The van der Waals surface area contributed by atoms with Gasteiger partial charge in [-0.3, -0.25) is 0 Å². The smallest absolute Gasteiger partial charge is 0.333 e. The van der Waals surface area contributed by atoms with E-state index < -0.39 is 5.60 Å². The molecule has 0 unspecified atom stereocenters. The van der Waals surface area contributed by atoms with E-state index in [1.165, 1.54) is 6.08 Å². The Hall–Kier alpha value is -2.55. The lowest BCUT2D eigenvalue weighted by Crippen LogP contribution is -2.23. The fourth-order valence-electron chi connectivity index (χ4n) is 2.10. The van der Waals surface area contributed by atoms with Crippen molar-refractivity contribution in [2.45, 2.75) is 32.9 Å². The topological polar surface area (TPSA) is 38.3 Å². The van der Waals surface area contributed by atoms with Gasteiger partial charge in [-0.2, -0.15) is 0 Å². The molecule has 3 heteroatoms. The molecule has 23 heavy (non-hydrogen) atoms. The van der Waals surface area contributed by atoms with Crippen LogP contribution in [0.1, 0.15) is 31.9 Å². The number of benzene rings is 2. The molecule has 120 valence electrons. The van der Waals surface area contributed by atoms with E-state index in [0.29, 0.717) is 6.54 Å². The van der Waals surface area contributed by atoms with Crippen LogP contribution < -0.4 is 5.32 Å². The van der Waals surface area contributed by atoms with Crippen LogP contribution in [0.2, 0.25) is 0 Å². The van der Waals surface area contributed by atoms with Crippen molar-refractivity contribution in [1.29, 1.82) is 0 Å². The first kappa shape index (κ1) is 16.8. The van der Waals surface area contributed by atoms with Crippen LogP contribution >= 0.6 is 0 Å². The van der Waals surface area contributed by atoms with Crippen LogP contribution in [0.15, 0.2) is 66.7 Å². The summed E-state index contributed by atoms with van der Waals surface area (Å²) >= 11 is 0. The molecule has 0 amide bonds. The van der Waals surface area contributed by atoms with E-state index in [-0.39, 0.29) is 5.97 Å². The fraction of sp³-hybridized carbons (Fsp3) is 0.250. The third-order valence-corrected chi connectivity index (χ3v) is 3.08. The van der Waals surface area contributed by atoms with Crippen LogP contribution in [0.3, 0.4) is 0 Å². The van der Waals surface area contributed by atoms with Crippen molar-refractivity contribution in [2.75, 3.05) is 0 Å². The molecule has 0 heterocycles. The van der Waals surface area contributed by atoms with Gasteiger partial charge in [-0.05, 0) is 31.9 Å². The molecule has 3 nitrogen and oxygen atoms in total. The Morgan fingerprint density at radius 3 is 2.13 bits per heavy atom. The van der Waals surface area contributed by atoms with Gasteiger partial charge in [0.25, 0.3) is 0 Å². The molecular weight excluding hydrogens is 286 g/mol. The molecule has 0 saturated heterocycles. The van der Waals surface area contributed by atoms with Gasteiger partial charge in [0.15, 0.2) is 0 Å². The molecule has 0 bridgehead atoms. The van der Waals surface area contributed by atoms with Crippen LogP contribution in [-0.2, 0) is 16.1 Å². The van der Waals surface area contributed by atoms with E-state index >= 15 is 0 Å². The molecule has 0 aliphatic carbocycles. The largest absolute Gasteiger partial charge is 0.457 e. The van der Waals surface area contributed by atoms with Gasteiger partial charge in [0.2, 0.25) is 0 Å². The van der Waals surface area contributed by atoms with Gasteiger partial charge < -0.3 is 10.1 Å². The maximum atomic E-state index is 12.1. The van der Waals surface area contributed by atoms with Crippen LogP contribution in [0.25, 0.3) is 5.70 Å². The number of nitrogens with one attached hydrogen (secondary N) is 1. The molecule has 2 aromatic carbocycles. The summed E-state index contributed by atoms with van der Waals surface area (Å²) in [4.78, 5) is 12.1. The predicted octanol–water partition coefficient (Wildman–Crippen LogP) is 4.16. The lowest BCUT2D eigenvalue weighted by Gasteiger charge is -2.19. The first-order chi connectivity index (χ1) is 10.9. The van der Waals surface area contributed by atoms with E-state index in [2.05, 4.69) is 5.32 Å². The summed E-state index contributed by atoms with van der Waals surface area (Å²) in [7, 11) is 0. The Kier molecular flexibility index (Phi) is 5.58. The normalized spacial score (nSPS) is 11.9. The maximum absolute atomic E-state index is 12.1. The molecule has 1 N–H and O–H groups in total. The number of carbonyl (C=O) groups excluding carboxylic acids is 1. The number of carbonyl (C=O) groups is 1. The summed E-state index contributed by atoms with van der Waals surface area (Å²) < 4.78 is 5.39. The Morgan fingerprint density at radius 2 is 1.57 bits per heavy atom. The van der Waals surface area contributed by atoms with Gasteiger partial charge in [0, 0.05) is 18.3 Å². The van der Waals surface area contributed by atoms with Crippen LogP contribution in [0.5, 0.6) is 0 Å². The summed E-state index contributed by atoms with van der Waals surface area (Å²) in [6.07, 6.45) is 1.52. The molecule has 0 aliphatic heterocycles.